The number of benzene rings is 2. The maximum Gasteiger partial charge on any atom is 0.268 e. The van der Waals surface area contributed by atoms with E-state index in [1.807, 2.05) is 0 Å². The second kappa shape index (κ2) is 11.5. The van der Waals surface area contributed by atoms with Crippen LogP contribution in [-0.4, -0.2) is 74.6 Å². The number of amides is 2. The molecular formula is C26H33N3O7S. The van der Waals surface area contributed by atoms with Crippen molar-refractivity contribution in [1.29, 1.82) is 0 Å². The summed E-state index contributed by atoms with van der Waals surface area (Å²) in [5.74, 6) is 0.220. The fourth-order valence-electron chi connectivity index (χ4n) is 4.37. The van der Waals surface area contributed by atoms with Crippen LogP contribution in [0.25, 0.3) is 0 Å². The summed E-state index contributed by atoms with van der Waals surface area (Å²) >= 11 is 0. The highest BCUT2D eigenvalue weighted by atomic mass is 32.2. The lowest BCUT2D eigenvalue weighted by Gasteiger charge is -2.37. The van der Waals surface area contributed by atoms with Crippen molar-refractivity contribution < 1.29 is 32.7 Å². The van der Waals surface area contributed by atoms with Crippen molar-refractivity contribution in [2.75, 3.05) is 33.4 Å². The molecule has 37 heavy (non-hydrogen) atoms. The minimum Gasteiger partial charge on any atom is -0.497 e. The van der Waals surface area contributed by atoms with Gasteiger partial charge in [-0.1, -0.05) is 0 Å². The highest BCUT2D eigenvalue weighted by Crippen LogP contribution is 2.38. The largest absolute Gasteiger partial charge is 0.497 e. The van der Waals surface area contributed by atoms with Crippen molar-refractivity contribution in [2.24, 2.45) is 0 Å². The summed E-state index contributed by atoms with van der Waals surface area (Å²) in [6, 6.07) is 12.5. The number of sulfone groups is 1. The van der Waals surface area contributed by atoms with E-state index >= 15 is 0 Å². The smallest absolute Gasteiger partial charge is 0.268 e. The van der Waals surface area contributed by atoms with Crippen LogP contribution in [0.4, 0.5) is 0 Å². The summed E-state index contributed by atoms with van der Waals surface area (Å²) in [5, 5.41) is 16.9. The Morgan fingerprint density at radius 1 is 1.05 bits per heavy atom. The van der Waals surface area contributed by atoms with Gasteiger partial charge in [-0.2, -0.15) is 0 Å². The van der Waals surface area contributed by atoms with Crippen LogP contribution < -0.4 is 20.1 Å². The van der Waals surface area contributed by atoms with Crippen LogP contribution >= 0.6 is 0 Å². The Bertz CT molecular complexity index is 1190. The molecule has 0 aromatic heterocycles. The van der Waals surface area contributed by atoms with Crippen molar-refractivity contribution in [1.82, 2.24) is 15.7 Å². The molecule has 1 saturated carbocycles. The highest BCUT2D eigenvalue weighted by Gasteiger charge is 2.55. The lowest BCUT2D eigenvalue weighted by molar-refractivity contribution is -0.171. The van der Waals surface area contributed by atoms with E-state index < -0.39 is 20.5 Å². The molecule has 2 aromatic carbocycles. The predicted octanol–water partition coefficient (Wildman–Crippen LogP) is 2.17. The molecule has 0 radical (unpaired) electrons. The minimum absolute atomic E-state index is 0.0195. The first-order chi connectivity index (χ1) is 17.8. The minimum atomic E-state index is -4.06. The first kappa shape index (κ1) is 26.9. The van der Waals surface area contributed by atoms with Gasteiger partial charge in [0.1, 0.15) is 11.5 Å². The maximum absolute atomic E-state index is 13.7. The Balaban J connectivity index is 1.32. The van der Waals surface area contributed by atoms with E-state index in [0.29, 0.717) is 67.6 Å². The average molecular weight is 532 g/mol. The number of carbonyl (C=O) groups excluding carboxylic acids is 2. The molecular weight excluding hydrogens is 498 g/mol. The number of methoxy groups -OCH3 is 1. The lowest BCUT2D eigenvalue weighted by atomic mass is 9.95. The maximum atomic E-state index is 13.7. The average Bonchev–Trinajstić information content (AvgIpc) is 3.78. The third-order valence-corrected chi connectivity index (χ3v) is 9.28. The van der Waals surface area contributed by atoms with E-state index in [9.17, 15) is 23.2 Å². The van der Waals surface area contributed by atoms with Crippen molar-refractivity contribution in [2.45, 2.75) is 47.8 Å². The number of nitrogens with one attached hydrogen (secondary N) is 2. The molecule has 2 amide bonds. The number of hydrogen-bond acceptors (Lipinski definition) is 8. The zero-order chi connectivity index (χ0) is 26.5. The summed E-state index contributed by atoms with van der Waals surface area (Å²) < 4.78 is 36.4. The summed E-state index contributed by atoms with van der Waals surface area (Å²) in [7, 11) is -2.50. The zero-order valence-electron chi connectivity index (χ0n) is 20.8. The van der Waals surface area contributed by atoms with E-state index in [-0.39, 0.29) is 29.7 Å². The molecule has 10 nitrogen and oxygen atoms in total. The second-order valence-electron chi connectivity index (χ2n) is 9.29. The van der Waals surface area contributed by atoms with Gasteiger partial charge in [0.15, 0.2) is 14.6 Å². The van der Waals surface area contributed by atoms with Gasteiger partial charge in [0.2, 0.25) is 0 Å². The number of hydrogen-bond donors (Lipinski definition) is 3. The Morgan fingerprint density at radius 3 is 2.27 bits per heavy atom. The quantitative estimate of drug-likeness (QED) is 0.228. The topological polar surface area (TPSA) is 134 Å². The van der Waals surface area contributed by atoms with Crippen LogP contribution in [-0.2, 0) is 14.6 Å². The van der Waals surface area contributed by atoms with E-state index in [1.165, 1.54) is 12.1 Å². The van der Waals surface area contributed by atoms with Gasteiger partial charge in [-0.05, 0) is 93.7 Å². The molecule has 0 unspecified atom stereocenters. The molecule has 0 atom stereocenters. The number of carbonyl (C=O) groups is 2. The Kier molecular flexibility index (Phi) is 8.35. The fourth-order valence-corrected chi connectivity index (χ4v) is 6.38. The molecule has 0 bridgehead atoms. The molecule has 200 valence electrons. The molecule has 1 heterocycles. The summed E-state index contributed by atoms with van der Waals surface area (Å²) in [6.07, 6.45) is 2.10. The standard InChI is InChI=1S/C26H33N3O7S/c1-35-21-7-3-19(4-8-21)24(30)28-15-2-18-36-22-9-11-23(12-10-22)37(33,34)26(13-16-27-17-14-26)25(31)29(32)20-5-6-20/h3-4,7-12,20,27,32H,2,5-6,13-18H2,1H3,(H,28,30). The van der Waals surface area contributed by atoms with Gasteiger partial charge in [0.25, 0.3) is 11.8 Å². The monoisotopic (exact) mass is 531 g/mol. The van der Waals surface area contributed by atoms with Crippen molar-refractivity contribution in [3.05, 3.63) is 54.1 Å². The molecule has 1 aliphatic carbocycles. The summed E-state index contributed by atoms with van der Waals surface area (Å²) in [6.45, 7) is 1.48. The van der Waals surface area contributed by atoms with Crippen molar-refractivity contribution in [3.63, 3.8) is 0 Å². The Labute approximate surface area is 216 Å². The van der Waals surface area contributed by atoms with Crippen LogP contribution in [0.15, 0.2) is 53.4 Å². The van der Waals surface area contributed by atoms with E-state index in [2.05, 4.69) is 10.6 Å². The van der Waals surface area contributed by atoms with Crippen molar-refractivity contribution >= 4 is 21.7 Å². The van der Waals surface area contributed by atoms with Gasteiger partial charge in [-0.15, -0.1) is 0 Å². The van der Waals surface area contributed by atoms with Crippen LogP contribution in [0.3, 0.4) is 0 Å². The van der Waals surface area contributed by atoms with Crippen LogP contribution in [0, 0.1) is 0 Å². The summed E-state index contributed by atoms with van der Waals surface area (Å²) in [4.78, 5) is 25.4. The Morgan fingerprint density at radius 2 is 1.68 bits per heavy atom. The van der Waals surface area contributed by atoms with Gasteiger partial charge in [-0.3, -0.25) is 14.8 Å². The van der Waals surface area contributed by atoms with Gasteiger partial charge < -0.3 is 20.1 Å². The van der Waals surface area contributed by atoms with E-state index in [4.69, 9.17) is 9.47 Å². The molecule has 2 aromatic rings. The Hall–Kier alpha value is -3.15. The van der Waals surface area contributed by atoms with Gasteiger partial charge in [-0.25, -0.2) is 13.5 Å². The molecule has 11 heteroatoms. The SMILES string of the molecule is COc1ccc(C(=O)NCCCOc2ccc(S(=O)(=O)C3(C(=O)N(O)C4CC4)CCNCC3)cc2)cc1. The van der Waals surface area contributed by atoms with Crippen LogP contribution in [0.1, 0.15) is 42.5 Å². The molecule has 1 saturated heterocycles. The van der Waals surface area contributed by atoms with Crippen LogP contribution in [0.2, 0.25) is 0 Å². The molecule has 2 aliphatic rings. The zero-order valence-corrected chi connectivity index (χ0v) is 21.6. The number of hydroxylamine groups is 2. The number of rotatable bonds is 11. The first-order valence-corrected chi connectivity index (χ1v) is 13.9. The third kappa shape index (κ3) is 5.89. The van der Waals surface area contributed by atoms with Gasteiger partial charge >= 0.3 is 0 Å². The van der Waals surface area contributed by atoms with E-state index in [0.717, 1.165) is 0 Å². The highest BCUT2D eigenvalue weighted by molar-refractivity contribution is 7.93. The van der Waals surface area contributed by atoms with Gasteiger partial charge in [0, 0.05) is 12.1 Å². The number of piperidine rings is 1. The molecule has 4 rings (SSSR count). The normalized spacial score (nSPS) is 17.0. The second-order valence-corrected chi connectivity index (χ2v) is 11.5. The summed E-state index contributed by atoms with van der Waals surface area (Å²) in [5.41, 5.74) is 0.532. The molecule has 0 spiro atoms. The third-order valence-electron chi connectivity index (χ3n) is 6.78. The molecule has 2 fully saturated rings. The lowest BCUT2D eigenvalue weighted by Crippen LogP contribution is -2.58. The predicted molar refractivity (Wildman–Crippen MR) is 136 cm³/mol. The van der Waals surface area contributed by atoms with Gasteiger partial charge in [0.05, 0.1) is 24.7 Å². The van der Waals surface area contributed by atoms with Crippen molar-refractivity contribution in [3.8, 4) is 11.5 Å². The number of nitrogens with zero attached hydrogens (tertiary/aromatic N) is 1. The first-order valence-electron chi connectivity index (χ1n) is 12.4. The molecule has 1 aliphatic heterocycles. The van der Waals surface area contributed by atoms with E-state index in [1.54, 1.807) is 43.5 Å². The number of ether oxygens (including phenoxy) is 2. The fraction of sp³-hybridized carbons (Fsp3) is 0.462. The van der Waals surface area contributed by atoms with Crippen LogP contribution in [0.5, 0.6) is 11.5 Å². The molecule has 3 N–H and O–H groups in total.